The number of methoxy groups -OCH3 is 1. The first-order chi connectivity index (χ1) is 11.6. The Morgan fingerprint density at radius 2 is 2.12 bits per heavy atom. The van der Waals surface area contributed by atoms with Crippen molar-refractivity contribution in [3.8, 4) is 5.75 Å². The van der Waals surface area contributed by atoms with E-state index in [1.165, 1.54) is 11.3 Å². The number of hydrogen-bond acceptors (Lipinski definition) is 5. The number of anilines is 1. The SMILES string of the molecule is COc1ccc([C@H]2[C@H](C(=O)Nc3nccs3)CCC(=O)N2C)cc1. The molecule has 0 spiro atoms. The van der Waals surface area contributed by atoms with Crippen LogP contribution in [0, 0.1) is 5.92 Å². The maximum Gasteiger partial charge on any atom is 0.231 e. The summed E-state index contributed by atoms with van der Waals surface area (Å²) in [5, 5.41) is 5.24. The Labute approximate surface area is 144 Å². The minimum atomic E-state index is -0.315. The third-order valence-electron chi connectivity index (χ3n) is 4.32. The molecule has 3 rings (SSSR count). The molecule has 126 valence electrons. The van der Waals surface area contributed by atoms with Gasteiger partial charge in [0.25, 0.3) is 0 Å². The molecular weight excluding hydrogens is 326 g/mol. The lowest BCUT2D eigenvalue weighted by molar-refractivity contribution is -0.140. The molecule has 0 bridgehead atoms. The predicted molar refractivity (Wildman–Crippen MR) is 92.0 cm³/mol. The Hall–Kier alpha value is -2.41. The molecule has 24 heavy (non-hydrogen) atoms. The van der Waals surface area contributed by atoms with E-state index in [9.17, 15) is 9.59 Å². The van der Waals surface area contributed by atoms with Crippen molar-refractivity contribution >= 4 is 28.3 Å². The molecule has 2 amide bonds. The lowest BCUT2D eigenvalue weighted by atomic mass is 9.84. The normalized spacial score (nSPS) is 20.8. The highest BCUT2D eigenvalue weighted by atomic mass is 32.1. The number of likely N-dealkylation sites (tertiary alicyclic amines) is 1. The van der Waals surface area contributed by atoms with Crippen LogP contribution >= 0.6 is 11.3 Å². The highest BCUT2D eigenvalue weighted by Gasteiger charge is 2.39. The van der Waals surface area contributed by atoms with E-state index >= 15 is 0 Å². The second-order valence-electron chi connectivity index (χ2n) is 5.69. The molecule has 2 aromatic rings. The van der Waals surface area contributed by atoms with E-state index < -0.39 is 0 Å². The van der Waals surface area contributed by atoms with Gasteiger partial charge in [-0.15, -0.1) is 11.3 Å². The highest BCUT2D eigenvalue weighted by Crippen LogP contribution is 2.37. The average Bonchev–Trinajstić information content (AvgIpc) is 3.10. The van der Waals surface area contributed by atoms with E-state index in [-0.39, 0.29) is 23.8 Å². The quantitative estimate of drug-likeness (QED) is 0.925. The van der Waals surface area contributed by atoms with Gasteiger partial charge < -0.3 is 15.0 Å². The van der Waals surface area contributed by atoms with Crippen LogP contribution in [0.3, 0.4) is 0 Å². The summed E-state index contributed by atoms with van der Waals surface area (Å²) in [6.45, 7) is 0. The van der Waals surface area contributed by atoms with Gasteiger partial charge in [0.15, 0.2) is 5.13 Å². The van der Waals surface area contributed by atoms with Gasteiger partial charge in [0, 0.05) is 25.0 Å². The van der Waals surface area contributed by atoms with E-state index in [1.807, 2.05) is 29.6 Å². The standard InChI is InChI=1S/C17H19N3O3S/c1-20-14(21)8-7-13(16(22)19-17-18-9-10-24-17)15(20)11-3-5-12(23-2)6-4-11/h3-6,9-10,13,15H,7-8H2,1-2H3,(H,18,19,22)/t13-,15+/m1/s1. The smallest absolute Gasteiger partial charge is 0.231 e. The molecule has 0 aliphatic carbocycles. The number of rotatable bonds is 4. The molecular formula is C17H19N3O3S. The number of aromatic nitrogens is 1. The maximum atomic E-state index is 12.7. The van der Waals surface area contributed by atoms with Crippen LogP contribution in [0.15, 0.2) is 35.8 Å². The number of benzene rings is 1. The van der Waals surface area contributed by atoms with Crippen molar-refractivity contribution in [1.29, 1.82) is 0 Å². The second kappa shape index (κ2) is 7.00. The van der Waals surface area contributed by atoms with Crippen LogP contribution in [-0.4, -0.2) is 35.9 Å². The third kappa shape index (κ3) is 3.26. The summed E-state index contributed by atoms with van der Waals surface area (Å²) in [7, 11) is 3.36. The number of piperidine rings is 1. The molecule has 0 radical (unpaired) electrons. The van der Waals surface area contributed by atoms with Crippen LogP contribution in [0.1, 0.15) is 24.4 Å². The number of carbonyl (C=O) groups is 2. The van der Waals surface area contributed by atoms with Crippen molar-refractivity contribution in [3.63, 3.8) is 0 Å². The van der Waals surface area contributed by atoms with Crippen molar-refractivity contribution in [2.45, 2.75) is 18.9 Å². The molecule has 1 aliphatic heterocycles. The molecule has 1 aliphatic rings. The zero-order chi connectivity index (χ0) is 17.1. The Bertz CT molecular complexity index is 715. The largest absolute Gasteiger partial charge is 0.497 e. The maximum absolute atomic E-state index is 12.7. The molecule has 6 nitrogen and oxygen atoms in total. The van der Waals surface area contributed by atoms with Gasteiger partial charge in [-0.05, 0) is 24.1 Å². The second-order valence-corrected chi connectivity index (χ2v) is 6.59. The summed E-state index contributed by atoms with van der Waals surface area (Å²) in [4.78, 5) is 30.6. The van der Waals surface area contributed by atoms with Gasteiger partial charge in [-0.2, -0.15) is 0 Å². The molecule has 1 N–H and O–H groups in total. The molecule has 1 aromatic carbocycles. The summed E-state index contributed by atoms with van der Waals surface area (Å²) in [6, 6.07) is 7.21. The number of ether oxygens (including phenoxy) is 1. The van der Waals surface area contributed by atoms with Gasteiger partial charge >= 0.3 is 0 Å². The number of hydrogen-bond donors (Lipinski definition) is 1. The number of nitrogens with one attached hydrogen (secondary N) is 1. The summed E-state index contributed by atoms with van der Waals surface area (Å²) >= 11 is 1.38. The fraction of sp³-hybridized carbons (Fsp3) is 0.353. The molecule has 0 saturated carbocycles. The third-order valence-corrected chi connectivity index (χ3v) is 5.01. The average molecular weight is 345 g/mol. The topological polar surface area (TPSA) is 71.5 Å². The fourth-order valence-corrected chi connectivity index (χ4v) is 3.58. The van der Waals surface area contributed by atoms with Gasteiger partial charge in [0.2, 0.25) is 11.8 Å². The molecule has 1 saturated heterocycles. The summed E-state index contributed by atoms with van der Waals surface area (Å²) in [5.74, 6) is 0.372. The lowest BCUT2D eigenvalue weighted by Crippen LogP contribution is -2.44. The van der Waals surface area contributed by atoms with Gasteiger partial charge in [-0.3, -0.25) is 9.59 Å². The monoisotopic (exact) mass is 345 g/mol. The van der Waals surface area contributed by atoms with Crippen molar-refractivity contribution < 1.29 is 14.3 Å². The molecule has 2 heterocycles. The van der Waals surface area contributed by atoms with Crippen LogP contribution in [0.25, 0.3) is 0 Å². The van der Waals surface area contributed by atoms with E-state index in [0.717, 1.165) is 11.3 Å². The van der Waals surface area contributed by atoms with Crippen LogP contribution in [0.4, 0.5) is 5.13 Å². The van der Waals surface area contributed by atoms with Crippen molar-refractivity contribution in [3.05, 3.63) is 41.4 Å². The first kappa shape index (κ1) is 16.4. The van der Waals surface area contributed by atoms with Crippen LogP contribution < -0.4 is 10.1 Å². The minimum Gasteiger partial charge on any atom is -0.497 e. The van der Waals surface area contributed by atoms with E-state index in [1.54, 1.807) is 25.3 Å². The molecule has 2 atom stereocenters. The van der Waals surface area contributed by atoms with Gasteiger partial charge in [-0.1, -0.05) is 12.1 Å². The Morgan fingerprint density at radius 1 is 1.38 bits per heavy atom. The Kier molecular flexibility index (Phi) is 4.80. The first-order valence-electron chi connectivity index (χ1n) is 7.70. The zero-order valence-corrected chi connectivity index (χ0v) is 14.4. The summed E-state index contributed by atoms with van der Waals surface area (Å²) in [5.41, 5.74) is 0.922. The van der Waals surface area contributed by atoms with Crippen LogP contribution in [0.5, 0.6) is 5.75 Å². The van der Waals surface area contributed by atoms with Crippen LogP contribution in [-0.2, 0) is 9.59 Å². The number of nitrogens with zero attached hydrogens (tertiary/aromatic N) is 2. The molecule has 0 unspecified atom stereocenters. The fourth-order valence-electron chi connectivity index (χ4n) is 3.05. The predicted octanol–water partition coefficient (Wildman–Crippen LogP) is 2.70. The lowest BCUT2D eigenvalue weighted by Gasteiger charge is -2.38. The van der Waals surface area contributed by atoms with E-state index in [0.29, 0.717) is 18.0 Å². The van der Waals surface area contributed by atoms with Crippen LogP contribution in [0.2, 0.25) is 0 Å². The van der Waals surface area contributed by atoms with Crippen molar-refractivity contribution in [2.24, 2.45) is 5.92 Å². The van der Waals surface area contributed by atoms with Gasteiger partial charge in [0.1, 0.15) is 5.75 Å². The molecule has 1 fully saturated rings. The van der Waals surface area contributed by atoms with E-state index in [4.69, 9.17) is 4.74 Å². The van der Waals surface area contributed by atoms with Crippen molar-refractivity contribution in [1.82, 2.24) is 9.88 Å². The minimum absolute atomic E-state index is 0.0501. The zero-order valence-electron chi connectivity index (χ0n) is 13.6. The Balaban J connectivity index is 1.87. The number of thiazole rings is 1. The number of amides is 2. The van der Waals surface area contributed by atoms with E-state index in [2.05, 4.69) is 10.3 Å². The Morgan fingerprint density at radius 3 is 2.75 bits per heavy atom. The summed E-state index contributed by atoms with van der Waals surface area (Å²) in [6.07, 6.45) is 2.55. The summed E-state index contributed by atoms with van der Waals surface area (Å²) < 4.78 is 5.18. The first-order valence-corrected chi connectivity index (χ1v) is 8.58. The molecule has 7 heteroatoms. The number of carbonyl (C=O) groups excluding carboxylic acids is 2. The molecule has 1 aromatic heterocycles. The van der Waals surface area contributed by atoms with Crippen molar-refractivity contribution in [2.75, 3.05) is 19.5 Å². The highest BCUT2D eigenvalue weighted by molar-refractivity contribution is 7.13. The van der Waals surface area contributed by atoms with Gasteiger partial charge in [-0.25, -0.2) is 4.98 Å². The van der Waals surface area contributed by atoms with Gasteiger partial charge in [0.05, 0.1) is 19.1 Å².